The van der Waals surface area contributed by atoms with Crippen molar-refractivity contribution in [3.8, 4) is 11.1 Å². The number of hydrogen-bond acceptors (Lipinski definition) is 9. The van der Waals surface area contributed by atoms with Gasteiger partial charge in [-0.05, 0) is 30.5 Å². The van der Waals surface area contributed by atoms with Crippen molar-refractivity contribution in [3.63, 3.8) is 0 Å². The molecule has 4 N–H and O–H groups in total. The minimum atomic E-state index is -4.09. The molecule has 0 saturated carbocycles. The predicted octanol–water partition coefficient (Wildman–Crippen LogP) is 2.89. The topological polar surface area (TPSA) is 189 Å². The number of oxazole rings is 1. The van der Waals surface area contributed by atoms with E-state index in [1.54, 1.807) is 60.7 Å². The molecule has 2 unspecified atom stereocenters. The number of aliphatic hydroxyl groups excluding tert-OH is 1. The van der Waals surface area contributed by atoms with Crippen LogP contribution in [0.1, 0.15) is 53.7 Å². The van der Waals surface area contributed by atoms with Crippen molar-refractivity contribution in [1.29, 1.82) is 0 Å². The molecule has 13 heteroatoms. The number of aliphatic carboxylic acids is 1. The summed E-state index contributed by atoms with van der Waals surface area (Å²) in [6.07, 6.45) is 1.09. The Hall–Kier alpha value is -4.88. The van der Waals surface area contributed by atoms with Gasteiger partial charge < -0.3 is 19.9 Å². The summed E-state index contributed by atoms with van der Waals surface area (Å²) in [5.41, 5.74) is 2.62. The average Bonchev–Trinajstić information content (AvgIpc) is 3.39. The average molecular weight is 621 g/mol. The Balaban J connectivity index is 1.55. The maximum absolute atomic E-state index is 13.1. The Labute approximate surface area is 254 Å². The number of carbonyl (C=O) groups is 3. The molecule has 0 aliphatic rings. The summed E-state index contributed by atoms with van der Waals surface area (Å²) in [6.45, 7) is 3.05. The third-order valence-corrected chi connectivity index (χ3v) is 8.13. The van der Waals surface area contributed by atoms with Gasteiger partial charge >= 0.3 is 11.9 Å². The van der Waals surface area contributed by atoms with E-state index in [-0.39, 0.29) is 23.6 Å². The van der Waals surface area contributed by atoms with Crippen molar-refractivity contribution >= 4 is 27.8 Å². The molecule has 0 fully saturated rings. The van der Waals surface area contributed by atoms with Crippen molar-refractivity contribution in [1.82, 2.24) is 20.0 Å². The molecule has 0 radical (unpaired) electrons. The van der Waals surface area contributed by atoms with Gasteiger partial charge in [-0.3, -0.25) is 14.6 Å². The van der Waals surface area contributed by atoms with E-state index in [0.717, 1.165) is 12.5 Å². The smallest absolute Gasteiger partial charge is 0.334 e. The molecule has 2 atom stereocenters. The van der Waals surface area contributed by atoms with Crippen molar-refractivity contribution in [2.75, 3.05) is 0 Å². The van der Waals surface area contributed by atoms with Gasteiger partial charge in [0, 0.05) is 42.8 Å². The molecular formula is C31H32N4O8S. The Bertz CT molecular complexity index is 1740. The van der Waals surface area contributed by atoms with Crippen LogP contribution in [0.25, 0.3) is 11.1 Å². The number of hydrogen-bond donors (Lipinski definition) is 4. The quantitative estimate of drug-likeness (QED) is 0.173. The number of nitrogens with one attached hydrogen (secondary N) is 2. The SMILES string of the molecule is CCCc1oc(C(=O)NC(Cc2ccccc2)C(O)C(=O)O)nc1Cc1ccc(-c2ccccc2S(=O)(=O)NC(C)=O)cn1. The summed E-state index contributed by atoms with van der Waals surface area (Å²) in [5.74, 6) is -2.76. The van der Waals surface area contributed by atoms with E-state index >= 15 is 0 Å². The van der Waals surface area contributed by atoms with Crippen molar-refractivity contribution < 1.29 is 37.4 Å². The highest BCUT2D eigenvalue weighted by molar-refractivity contribution is 7.90. The van der Waals surface area contributed by atoms with Gasteiger partial charge in [0.25, 0.3) is 15.9 Å². The van der Waals surface area contributed by atoms with Gasteiger partial charge in [-0.25, -0.2) is 22.9 Å². The molecule has 4 aromatic rings. The highest BCUT2D eigenvalue weighted by Gasteiger charge is 2.30. The van der Waals surface area contributed by atoms with Crippen LogP contribution in [0.4, 0.5) is 0 Å². The van der Waals surface area contributed by atoms with E-state index in [0.29, 0.717) is 41.1 Å². The van der Waals surface area contributed by atoms with Crippen LogP contribution >= 0.6 is 0 Å². The number of carboxylic acids is 1. The number of carbonyl (C=O) groups excluding carboxylic acids is 2. The highest BCUT2D eigenvalue weighted by Crippen LogP contribution is 2.27. The van der Waals surface area contributed by atoms with Gasteiger partial charge in [-0.1, -0.05) is 61.5 Å². The van der Waals surface area contributed by atoms with Crippen LogP contribution in [-0.4, -0.2) is 58.5 Å². The van der Waals surface area contributed by atoms with Gasteiger partial charge in [0.05, 0.1) is 16.6 Å². The van der Waals surface area contributed by atoms with Crippen LogP contribution in [-0.2, 0) is 38.9 Å². The van der Waals surface area contributed by atoms with E-state index < -0.39 is 40.0 Å². The first-order chi connectivity index (χ1) is 21.0. The molecule has 0 saturated heterocycles. The van der Waals surface area contributed by atoms with E-state index in [1.165, 1.54) is 12.3 Å². The summed E-state index contributed by atoms with van der Waals surface area (Å²) in [6, 6.07) is 17.3. The Kier molecular flexibility index (Phi) is 10.2. The minimum absolute atomic E-state index is 0.0688. The minimum Gasteiger partial charge on any atom is -0.479 e. The number of benzene rings is 2. The zero-order chi connectivity index (χ0) is 31.9. The second-order valence-electron chi connectivity index (χ2n) is 10.1. The van der Waals surface area contributed by atoms with Gasteiger partial charge in [-0.2, -0.15) is 0 Å². The van der Waals surface area contributed by atoms with Crippen molar-refractivity contribution in [2.24, 2.45) is 0 Å². The van der Waals surface area contributed by atoms with E-state index in [4.69, 9.17) is 4.42 Å². The lowest BCUT2D eigenvalue weighted by Crippen LogP contribution is -2.48. The summed E-state index contributed by atoms with van der Waals surface area (Å²) in [5, 5.41) is 22.2. The first-order valence-corrected chi connectivity index (χ1v) is 15.3. The molecule has 0 spiro atoms. The number of sulfonamides is 1. The van der Waals surface area contributed by atoms with Gasteiger partial charge in [-0.15, -0.1) is 0 Å². The van der Waals surface area contributed by atoms with E-state index in [2.05, 4.69) is 15.3 Å². The second-order valence-corrected chi connectivity index (χ2v) is 11.7. The highest BCUT2D eigenvalue weighted by atomic mass is 32.2. The number of aromatic nitrogens is 2. The van der Waals surface area contributed by atoms with Crippen LogP contribution in [0.2, 0.25) is 0 Å². The first kappa shape index (κ1) is 32.0. The van der Waals surface area contributed by atoms with E-state index in [1.807, 2.05) is 11.6 Å². The second kappa shape index (κ2) is 14.1. The molecule has 230 valence electrons. The van der Waals surface area contributed by atoms with Crippen LogP contribution in [0.15, 0.2) is 82.2 Å². The fraction of sp³-hybridized carbons (Fsp3) is 0.258. The fourth-order valence-corrected chi connectivity index (χ4v) is 5.82. The lowest BCUT2D eigenvalue weighted by molar-refractivity contribution is -0.148. The van der Waals surface area contributed by atoms with Crippen LogP contribution in [0.5, 0.6) is 0 Å². The summed E-state index contributed by atoms with van der Waals surface area (Å²) < 4.78 is 33.1. The third kappa shape index (κ3) is 7.94. The van der Waals surface area contributed by atoms with Crippen LogP contribution in [0.3, 0.4) is 0 Å². The summed E-state index contributed by atoms with van der Waals surface area (Å²) in [4.78, 5) is 44.8. The first-order valence-electron chi connectivity index (χ1n) is 13.8. The zero-order valence-electron chi connectivity index (χ0n) is 24.1. The molecule has 0 aliphatic heterocycles. The van der Waals surface area contributed by atoms with Gasteiger partial charge in [0.2, 0.25) is 5.91 Å². The fourth-order valence-electron chi connectivity index (χ4n) is 4.60. The molecule has 12 nitrogen and oxygen atoms in total. The largest absolute Gasteiger partial charge is 0.479 e. The maximum atomic E-state index is 13.1. The molecule has 0 bridgehead atoms. The number of amides is 2. The Morgan fingerprint density at radius 2 is 1.70 bits per heavy atom. The number of aliphatic hydroxyl groups is 1. The van der Waals surface area contributed by atoms with Crippen molar-refractivity contribution in [3.05, 3.63) is 102 Å². The van der Waals surface area contributed by atoms with Crippen LogP contribution < -0.4 is 10.0 Å². The lowest BCUT2D eigenvalue weighted by atomic mass is 10.0. The third-order valence-electron chi connectivity index (χ3n) is 6.64. The van der Waals surface area contributed by atoms with Gasteiger partial charge in [0.15, 0.2) is 6.10 Å². The summed E-state index contributed by atoms with van der Waals surface area (Å²) in [7, 11) is -4.09. The standard InChI is InChI=1S/C31H32N4O8S/c1-3-9-26-24(34-30(43-26)29(38)33-25(28(37)31(39)40)16-20-10-5-4-6-11-20)17-22-15-14-21(18-32-22)23-12-7-8-13-27(23)44(41,42)35-19(2)36/h4-8,10-15,18,25,28,37H,3,9,16-17H2,1-2H3,(H,33,38)(H,35,36)(H,39,40). The lowest BCUT2D eigenvalue weighted by Gasteiger charge is -2.20. The molecular weight excluding hydrogens is 588 g/mol. The number of nitrogens with zero attached hydrogens (tertiary/aromatic N) is 2. The number of pyridine rings is 1. The summed E-state index contributed by atoms with van der Waals surface area (Å²) >= 11 is 0. The molecule has 2 heterocycles. The van der Waals surface area contributed by atoms with E-state index in [9.17, 15) is 33.0 Å². The number of carboxylic acid groups (broad SMARTS) is 1. The Morgan fingerprint density at radius 3 is 2.34 bits per heavy atom. The molecule has 44 heavy (non-hydrogen) atoms. The van der Waals surface area contributed by atoms with Crippen LogP contribution in [0, 0.1) is 0 Å². The normalized spacial score (nSPS) is 12.7. The number of rotatable bonds is 13. The van der Waals surface area contributed by atoms with Crippen molar-refractivity contribution in [2.45, 2.75) is 56.6 Å². The molecule has 0 aliphatic carbocycles. The Morgan fingerprint density at radius 1 is 1.00 bits per heavy atom. The molecule has 2 amide bonds. The molecule has 2 aromatic carbocycles. The zero-order valence-corrected chi connectivity index (χ0v) is 24.9. The number of aryl methyl sites for hydroxylation is 1. The molecule has 4 rings (SSSR count). The monoisotopic (exact) mass is 620 g/mol. The predicted molar refractivity (Wildman–Crippen MR) is 159 cm³/mol. The molecule has 2 aromatic heterocycles. The maximum Gasteiger partial charge on any atom is 0.334 e. The van der Waals surface area contributed by atoms with Gasteiger partial charge in [0.1, 0.15) is 5.76 Å².